The number of halogens is 1. The molecule has 0 spiro atoms. The fourth-order valence-electron chi connectivity index (χ4n) is 4.89. The van der Waals surface area contributed by atoms with E-state index in [1.807, 2.05) is 38.1 Å². The number of ketones is 1. The lowest BCUT2D eigenvalue weighted by atomic mass is 9.66. The minimum Gasteiger partial charge on any atom is -0.508 e. The molecule has 1 aliphatic carbocycles. The third-order valence-corrected chi connectivity index (χ3v) is 6.93. The Balaban J connectivity index is 1.64. The van der Waals surface area contributed by atoms with Crippen LogP contribution in [0.2, 0.25) is 0 Å². The van der Waals surface area contributed by atoms with Crippen LogP contribution in [0.25, 0.3) is 0 Å². The second-order valence-corrected chi connectivity index (χ2v) is 9.47. The number of carbonyl (C=O) groups is 2. The summed E-state index contributed by atoms with van der Waals surface area (Å²) >= 11 is 6.26. The van der Waals surface area contributed by atoms with E-state index in [2.05, 4.69) is 10.6 Å². The molecule has 34 heavy (non-hydrogen) atoms. The first kappa shape index (κ1) is 23.8. The predicted octanol–water partition coefficient (Wildman–Crippen LogP) is 6.70. The number of anilines is 1. The molecule has 0 bridgehead atoms. The average Bonchev–Trinajstić information content (AvgIpc) is 2.99. The highest BCUT2D eigenvalue weighted by atomic mass is 35.5. The number of rotatable bonds is 5. The lowest BCUT2D eigenvalue weighted by Crippen LogP contribution is -2.40. The second kappa shape index (κ2) is 9.90. The highest BCUT2D eigenvalue weighted by molar-refractivity contribution is 6.29. The predicted molar refractivity (Wildman–Crippen MR) is 136 cm³/mol. The molecule has 1 amide bonds. The quantitative estimate of drug-likeness (QED) is 0.331. The molecule has 1 saturated carbocycles. The normalized spacial score (nSPS) is 17.4. The summed E-state index contributed by atoms with van der Waals surface area (Å²) in [4.78, 5) is 26.8. The van der Waals surface area contributed by atoms with Crippen LogP contribution in [0.5, 0.6) is 0 Å². The summed E-state index contributed by atoms with van der Waals surface area (Å²) in [6.07, 6.45) is 9.12. The summed E-state index contributed by atoms with van der Waals surface area (Å²) < 4.78 is 0. The Hall–Kier alpha value is -3.31. The fourth-order valence-corrected chi connectivity index (χ4v) is 5.10. The molecular formula is C28H29ClN2O3. The molecule has 0 radical (unpaired) electrons. The van der Waals surface area contributed by atoms with Gasteiger partial charge in [-0.2, -0.15) is 0 Å². The van der Waals surface area contributed by atoms with Crippen LogP contribution < -0.4 is 10.6 Å². The number of nitrogens with one attached hydrogen (secondary N) is 2. The number of carbonyl (C=O) groups excluding carboxylic acids is 2. The lowest BCUT2D eigenvalue weighted by molar-refractivity contribution is 0.0771. The van der Waals surface area contributed by atoms with E-state index in [1.165, 1.54) is 6.08 Å². The maximum atomic E-state index is 14.0. The Morgan fingerprint density at radius 2 is 1.71 bits per heavy atom. The summed E-state index contributed by atoms with van der Waals surface area (Å²) in [6.45, 7) is 3.79. The molecule has 3 N–H and O–H groups in total. The van der Waals surface area contributed by atoms with Crippen molar-refractivity contribution in [1.82, 2.24) is 5.32 Å². The summed E-state index contributed by atoms with van der Waals surface area (Å²) in [5, 5.41) is 16.3. The third kappa shape index (κ3) is 4.80. The molecule has 0 unspecified atom stereocenters. The van der Waals surface area contributed by atoms with Gasteiger partial charge in [0.25, 0.3) is 5.91 Å². The van der Waals surface area contributed by atoms with Gasteiger partial charge in [0, 0.05) is 28.6 Å². The molecule has 1 fully saturated rings. The van der Waals surface area contributed by atoms with Gasteiger partial charge in [-0.3, -0.25) is 9.59 Å². The molecule has 0 aromatic heterocycles. The van der Waals surface area contributed by atoms with Crippen LogP contribution in [0, 0.1) is 19.3 Å². The first-order valence-corrected chi connectivity index (χ1v) is 12.0. The van der Waals surface area contributed by atoms with Crippen molar-refractivity contribution in [2.45, 2.75) is 46.0 Å². The van der Waals surface area contributed by atoms with E-state index >= 15 is 0 Å². The number of aliphatic hydroxyl groups is 1. The molecule has 0 saturated heterocycles. The number of benzene rings is 2. The summed E-state index contributed by atoms with van der Waals surface area (Å²) in [5.74, 6) is -0.114. The fraction of sp³-hybridized carbons (Fsp3) is 0.286. The van der Waals surface area contributed by atoms with Gasteiger partial charge in [0.2, 0.25) is 0 Å². The second-order valence-electron chi connectivity index (χ2n) is 9.06. The largest absolute Gasteiger partial charge is 0.508 e. The maximum absolute atomic E-state index is 14.0. The molecule has 2 aromatic rings. The maximum Gasteiger partial charge on any atom is 0.255 e. The van der Waals surface area contributed by atoms with Gasteiger partial charge in [-0.25, -0.2) is 0 Å². The molecule has 176 valence electrons. The molecule has 5 nitrogen and oxygen atoms in total. The number of Topliss-reactive ketones (excluding diaryl/α,β-unsaturated/α-hetero) is 1. The zero-order valence-electron chi connectivity index (χ0n) is 19.5. The number of hydrogen-bond acceptors (Lipinski definition) is 4. The van der Waals surface area contributed by atoms with Gasteiger partial charge >= 0.3 is 0 Å². The Morgan fingerprint density at radius 1 is 0.971 bits per heavy atom. The highest BCUT2D eigenvalue weighted by Gasteiger charge is 2.44. The lowest BCUT2D eigenvalue weighted by Gasteiger charge is -2.38. The minimum absolute atomic E-state index is 0.0273. The van der Waals surface area contributed by atoms with Crippen molar-refractivity contribution in [2.24, 2.45) is 5.41 Å². The van der Waals surface area contributed by atoms with Crippen LogP contribution in [0.4, 0.5) is 5.69 Å². The average molecular weight is 477 g/mol. The van der Waals surface area contributed by atoms with Crippen molar-refractivity contribution in [3.05, 3.63) is 99.6 Å². The van der Waals surface area contributed by atoms with Gasteiger partial charge in [0.05, 0.1) is 5.41 Å². The molecule has 4 rings (SSSR count). The van der Waals surface area contributed by atoms with E-state index in [0.717, 1.165) is 30.4 Å². The van der Waals surface area contributed by atoms with Crippen LogP contribution in [-0.2, 0) is 0 Å². The molecule has 2 aromatic carbocycles. The Morgan fingerprint density at radius 3 is 2.41 bits per heavy atom. The molecule has 2 aliphatic rings. The van der Waals surface area contributed by atoms with Gasteiger partial charge in [-0.1, -0.05) is 49.1 Å². The van der Waals surface area contributed by atoms with Crippen LogP contribution in [-0.4, -0.2) is 16.8 Å². The summed E-state index contributed by atoms with van der Waals surface area (Å²) in [5.41, 5.74) is 3.55. The monoisotopic (exact) mass is 476 g/mol. The van der Waals surface area contributed by atoms with Crippen molar-refractivity contribution in [2.75, 3.05) is 5.32 Å². The van der Waals surface area contributed by atoms with Crippen molar-refractivity contribution < 1.29 is 14.7 Å². The third-order valence-electron chi connectivity index (χ3n) is 6.73. The number of hydrogen-bond donors (Lipinski definition) is 3. The van der Waals surface area contributed by atoms with Gasteiger partial charge in [-0.15, -0.1) is 0 Å². The van der Waals surface area contributed by atoms with Crippen molar-refractivity contribution in [3.63, 3.8) is 0 Å². The number of amides is 1. The van der Waals surface area contributed by atoms with Gasteiger partial charge in [0.1, 0.15) is 10.9 Å². The molecule has 0 atom stereocenters. The summed E-state index contributed by atoms with van der Waals surface area (Å²) in [6, 6.07) is 12.8. The van der Waals surface area contributed by atoms with E-state index in [9.17, 15) is 14.7 Å². The molecule has 1 aliphatic heterocycles. The summed E-state index contributed by atoms with van der Waals surface area (Å²) in [7, 11) is 0. The Kier molecular flexibility index (Phi) is 6.94. The van der Waals surface area contributed by atoms with Crippen LogP contribution in [0.1, 0.15) is 63.9 Å². The number of allylic oxidation sites excluding steroid dienone is 4. The Bertz CT molecular complexity index is 1220. The van der Waals surface area contributed by atoms with Crippen molar-refractivity contribution in [3.8, 4) is 0 Å². The highest BCUT2D eigenvalue weighted by Crippen LogP contribution is 2.45. The standard InChI is InChI=1S/C28H29ClN2O3/c1-18-8-4-5-9-23(18)27(34)30-20-10-12-22(19(2)16-20)26(33)28(14-6-3-7-15-28)24-13-11-21(32)17-25(29)31-24/h4-5,8-13,16-17,31-32H,3,6-7,14-15H2,1-2H3,(H,30,34). The van der Waals surface area contributed by atoms with E-state index in [4.69, 9.17) is 11.6 Å². The Labute approximate surface area is 205 Å². The molecule has 6 heteroatoms. The van der Waals surface area contributed by atoms with Gasteiger partial charge < -0.3 is 15.7 Å². The topological polar surface area (TPSA) is 78.4 Å². The van der Waals surface area contributed by atoms with Crippen LogP contribution >= 0.6 is 11.6 Å². The molecular weight excluding hydrogens is 448 g/mol. The smallest absolute Gasteiger partial charge is 0.255 e. The first-order valence-electron chi connectivity index (χ1n) is 11.6. The minimum atomic E-state index is -0.746. The van der Waals surface area contributed by atoms with Crippen molar-refractivity contribution >= 4 is 29.0 Å². The number of aryl methyl sites for hydroxylation is 2. The first-order chi connectivity index (χ1) is 16.3. The van der Waals surface area contributed by atoms with Crippen molar-refractivity contribution in [1.29, 1.82) is 0 Å². The van der Waals surface area contributed by atoms with E-state index in [0.29, 0.717) is 35.4 Å². The van der Waals surface area contributed by atoms with E-state index in [-0.39, 0.29) is 22.6 Å². The van der Waals surface area contributed by atoms with Crippen LogP contribution in [0.15, 0.2) is 77.3 Å². The van der Waals surface area contributed by atoms with E-state index in [1.54, 1.807) is 30.4 Å². The van der Waals surface area contributed by atoms with Crippen LogP contribution in [0.3, 0.4) is 0 Å². The zero-order chi connectivity index (χ0) is 24.3. The van der Waals surface area contributed by atoms with Gasteiger partial charge in [-0.05, 0) is 74.2 Å². The zero-order valence-corrected chi connectivity index (χ0v) is 20.2. The van der Waals surface area contributed by atoms with Gasteiger partial charge in [0.15, 0.2) is 5.78 Å². The SMILES string of the molecule is Cc1ccccc1C(=O)Nc1ccc(C(=O)C2(C3=CC=C(O)C=C(Cl)N3)CCCCC2)c(C)c1. The molecule has 1 heterocycles. The van der Waals surface area contributed by atoms with E-state index < -0.39 is 5.41 Å². The number of aliphatic hydroxyl groups excluding tert-OH is 1.